The molecule has 9 heteroatoms. The predicted octanol–water partition coefficient (Wildman–Crippen LogP) is 3.67. The molecule has 4 aromatic rings. The smallest absolute Gasteiger partial charge is 0.246 e. The molecule has 0 spiro atoms. The summed E-state index contributed by atoms with van der Waals surface area (Å²) in [4.78, 5) is 12.8. The number of rotatable bonds is 5. The maximum absolute atomic E-state index is 5.52. The number of aromatic nitrogens is 4. The van der Waals surface area contributed by atoms with Crippen LogP contribution in [0.2, 0.25) is 0 Å². The standard InChI is InChI=1S/C21H21N7OS/c1-14-3-2-4-15(9-14)11-24-27-21-25-17-10-18(16-12-22-23-13-16)30-19(17)20(26-21)28-5-7-29-8-6-28/h2-4,9-13H,5-8H2,1H3,(H,22,23)(H,25,26,27)/b24-11+. The zero-order valence-electron chi connectivity index (χ0n) is 16.5. The number of anilines is 2. The lowest BCUT2D eigenvalue weighted by molar-refractivity contribution is 0.122. The number of H-pyrrole nitrogens is 1. The Hall–Kier alpha value is -3.30. The molecule has 30 heavy (non-hydrogen) atoms. The number of nitrogens with zero attached hydrogens (tertiary/aromatic N) is 5. The molecular formula is C21H21N7OS. The number of fused-ring (bicyclic) bond motifs is 1. The number of nitrogens with one attached hydrogen (secondary N) is 2. The van der Waals surface area contributed by atoms with Crippen LogP contribution in [0.5, 0.6) is 0 Å². The van der Waals surface area contributed by atoms with Crippen LogP contribution in [0.25, 0.3) is 20.7 Å². The Labute approximate surface area is 177 Å². The predicted molar refractivity (Wildman–Crippen MR) is 120 cm³/mol. The fourth-order valence-electron chi connectivity index (χ4n) is 3.40. The quantitative estimate of drug-likeness (QED) is 0.379. The van der Waals surface area contributed by atoms with Crippen molar-refractivity contribution >= 4 is 39.5 Å². The molecule has 8 nitrogen and oxygen atoms in total. The SMILES string of the molecule is Cc1cccc(/C=N/Nc2nc(N3CCOCC3)c3sc(-c4cn[nH]c4)cc3n2)c1. The highest BCUT2D eigenvalue weighted by molar-refractivity contribution is 7.22. The summed E-state index contributed by atoms with van der Waals surface area (Å²) >= 11 is 1.67. The molecule has 0 amide bonds. The van der Waals surface area contributed by atoms with E-state index in [1.165, 1.54) is 5.56 Å². The third-order valence-electron chi connectivity index (χ3n) is 4.87. The topological polar surface area (TPSA) is 91.3 Å². The van der Waals surface area contributed by atoms with Crippen molar-refractivity contribution in [2.75, 3.05) is 36.6 Å². The molecule has 0 atom stereocenters. The first-order valence-corrected chi connectivity index (χ1v) is 10.6. The highest BCUT2D eigenvalue weighted by atomic mass is 32.1. The molecule has 0 bridgehead atoms. The van der Waals surface area contributed by atoms with Crippen LogP contribution in [-0.2, 0) is 4.74 Å². The molecule has 1 aliphatic rings. The van der Waals surface area contributed by atoms with E-state index in [0.29, 0.717) is 19.2 Å². The first-order chi connectivity index (χ1) is 14.8. The number of morpholine rings is 1. The minimum absolute atomic E-state index is 0.476. The van der Waals surface area contributed by atoms with Gasteiger partial charge in [-0.2, -0.15) is 15.2 Å². The van der Waals surface area contributed by atoms with Crippen LogP contribution in [0.1, 0.15) is 11.1 Å². The summed E-state index contributed by atoms with van der Waals surface area (Å²) in [5.41, 5.74) is 7.15. The van der Waals surface area contributed by atoms with Crippen LogP contribution < -0.4 is 10.3 Å². The third-order valence-corrected chi connectivity index (χ3v) is 6.04. The van der Waals surface area contributed by atoms with E-state index >= 15 is 0 Å². The maximum Gasteiger partial charge on any atom is 0.246 e. The Morgan fingerprint density at radius 1 is 1.23 bits per heavy atom. The van der Waals surface area contributed by atoms with E-state index in [1.807, 2.05) is 24.5 Å². The van der Waals surface area contributed by atoms with Gasteiger partial charge in [0.05, 0.1) is 35.8 Å². The minimum Gasteiger partial charge on any atom is -0.378 e. The second-order valence-electron chi connectivity index (χ2n) is 7.07. The highest BCUT2D eigenvalue weighted by Gasteiger charge is 2.20. The zero-order chi connectivity index (χ0) is 20.3. The number of hydrogen-bond acceptors (Lipinski definition) is 8. The second-order valence-corrected chi connectivity index (χ2v) is 8.12. The summed E-state index contributed by atoms with van der Waals surface area (Å²) in [5.74, 6) is 1.39. The molecule has 1 saturated heterocycles. The Morgan fingerprint density at radius 2 is 2.13 bits per heavy atom. The summed E-state index contributed by atoms with van der Waals surface area (Å²) in [6.07, 6.45) is 5.48. The number of aromatic amines is 1. The van der Waals surface area contributed by atoms with Gasteiger partial charge < -0.3 is 9.64 Å². The maximum atomic E-state index is 5.52. The van der Waals surface area contributed by atoms with E-state index in [-0.39, 0.29) is 0 Å². The summed E-state index contributed by atoms with van der Waals surface area (Å²) in [7, 11) is 0. The lowest BCUT2D eigenvalue weighted by Crippen LogP contribution is -2.36. The first-order valence-electron chi connectivity index (χ1n) is 9.75. The van der Waals surface area contributed by atoms with Crippen molar-refractivity contribution in [2.45, 2.75) is 6.92 Å². The first kappa shape index (κ1) is 18.7. The molecular weight excluding hydrogens is 398 g/mol. The molecule has 0 radical (unpaired) electrons. The van der Waals surface area contributed by atoms with Gasteiger partial charge in [-0.05, 0) is 18.6 Å². The molecule has 0 saturated carbocycles. The number of hydrazone groups is 1. The Kier molecular flexibility index (Phi) is 5.12. The van der Waals surface area contributed by atoms with Crippen molar-refractivity contribution in [2.24, 2.45) is 5.10 Å². The van der Waals surface area contributed by atoms with E-state index in [0.717, 1.165) is 45.1 Å². The molecule has 0 unspecified atom stereocenters. The van der Waals surface area contributed by atoms with Gasteiger partial charge in [0.2, 0.25) is 5.95 Å². The van der Waals surface area contributed by atoms with Gasteiger partial charge in [0.1, 0.15) is 0 Å². The number of hydrogen-bond donors (Lipinski definition) is 2. The molecule has 2 N–H and O–H groups in total. The van der Waals surface area contributed by atoms with Crippen molar-refractivity contribution in [3.05, 3.63) is 53.9 Å². The molecule has 152 valence electrons. The zero-order valence-corrected chi connectivity index (χ0v) is 17.3. The van der Waals surface area contributed by atoms with Crippen LogP contribution in [0.15, 0.2) is 47.8 Å². The molecule has 5 rings (SSSR count). The van der Waals surface area contributed by atoms with Crippen molar-refractivity contribution in [1.29, 1.82) is 0 Å². The van der Waals surface area contributed by atoms with Gasteiger partial charge in [-0.15, -0.1) is 11.3 Å². The number of aryl methyl sites for hydroxylation is 1. The summed E-state index contributed by atoms with van der Waals surface area (Å²) < 4.78 is 6.57. The molecule has 1 aliphatic heterocycles. The van der Waals surface area contributed by atoms with E-state index in [4.69, 9.17) is 14.7 Å². The van der Waals surface area contributed by atoms with Gasteiger partial charge in [0.25, 0.3) is 0 Å². The van der Waals surface area contributed by atoms with E-state index < -0.39 is 0 Å². The fraction of sp³-hybridized carbons (Fsp3) is 0.238. The van der Waals surface area contributed by atoms with Crippen LogP contribution in [0.3, 0.4) is 0 Å². The Bertz CT molecular complexity index is 1180. The largest absolute Gasteiger partial charge is 0.378 e. The second kappa shape index (κ2) is 8.21. The molecule has 1 aromatic carbocycles. The van der Waals surface area contributed by atoms with Crippen LogP contribution in [0, 0.1) is 6.92 Å². The van der Waals surface area contributed by atoms with E-state index in [9.17, 15) is 0 Å². The summed E-state index contributed by atoms with van der Waals surface area (Å²) in [5, 5.41) is 11.3. The van der Waals surface area contributed by atoms with Gasteiger partial charge in [0, 0.05) is 29.7 Å². The molecule has 3 aromatic heterocycles. The summed E-state index contributed by atoms with van der Waals surface area (Å²) in [6.45, 7) is 5.05. The van der Waals surface area contributed by atoms with E-state index in [2.05, 4.69) is 50.7 Å². The minimum atomic E-state index is 0.476. The monoisotopic (exact) mass is 419 g/mol. The molecule has 1 fully saturated rings. The number of benzene rings is 1. The van der Waals surface area contributed by atoms with Crippen molar-refractivity contribution in [3.63, 3.8) is 0 Å². The average molecular weight is 420 g/mol. The van der Waals surface area contributed by atoms with Crippen LogP contribution in [-0.4, -0.2) is 52.7 Å². The number of ether oxygens (including phenoxy) is 1. The highest BCUT2D eigenvalue weighted by Crippen LogP contribution is 2.37. The third kappa shape index (κ3) is 3.89. The van der Waals surface area contributed by atoms with Gasteiger partial charge in [-0.3, -0.25) is 5.10 Å². The lowest BCUT2D eigenvalue weighted by atomic mass is 10.2. The average Bonchev–Trinajstić information content (AvgIpc) is 3.44. The van der Waals surface area contributed by atoms with Crippen LogP contribution >= 0.6 is 11.3 Å². The lowest BCUT2D eigenvalue weighted by Gasteiger charge is -2.28. The molecule has 4 heterocycles. The van der Waals surface area contributed by atoms with E-state index in [1.54, 1.807) is 17.6 Å². The van der Waals surface area contributed by atoms with Crippen molar-refractivity contribution < 1.29 is 4.74 Å². The fourth-order valence-corrected chi connectivity index (χ4v) is 4.49. The van der Waals surface area contributed by atoms with Crippen LogP contribution in [0.4, 0.5) is 11.8 Å². The van der Waals surface area contributed by atoms with Gasteiger partial charge in [0.15, 0.2) is 5.82 Å². The molecule has 0 aliphatic carbocycles. The van der Waals surface area contributed by atoms with Crippen molar-refractivity contribution in [1.82, 2.24) is 20.2 Å². The van der Waals surface area contributed by atoms with Crippen molar-refractivity contribution in [3.8, 4) is 10.4 Å². The van der Waals surface area contributed by atoms with Gasteiger partial charge in [-0.1, -0.05) is 29.8 Å². The van der Waals surface area contributed by atoms with Gasteiger partial charge >= 0.3 is 0 Å². The Balaban J connectivity index is 1.50. The van der Waals surface area contributed by atoms with Gasteiger partial charge in [-0.25, -0.2) is 10.4 Å². The normalized spacial score (nSPS) is 14.6. The number of thiophene rings is 1. The Morgan fingerprint density at radius 3 is 2.93 bits per heavy atom. The summed E-state index contributed by atoms with van der Waals surface area (Å²) in [6, 6.07) is 10.2.